The van der Waals surface area contributed by atoms with Crippen molar-refractivity contribution in [1.82, 2.24) is 10.6 Å². The van der Waals surface area contributed by atoms with Crippen molar-refractivity contribution in [3.05, 3.63) is 58.6 Å². The summed E-state index contributed by atoms with van der Waals surface area (Å²) in [6.07, 6.45) is 0. The van der Waals surface area contributed by atoms with Crippen LogP contribution in [0.1, 0.15) is 22.8 Å². The monoisotopic (exact) mass is 360 g/mol. The van der Waals surface area contributed by atoms with Crippen LogP contribution in [-0.4, -0.2) is 24.6 Å². The maximum absolute atomic E-state index is 12.2. The normalized spacial score (nSPS) is 13.2. The van der Waals surface area contributed by atoms with E-state index in [9.17, 15) is 9.59 Å². The first-order valence-corrected chi connectivity index (χ1v) is 8.13. The number of fused-ring (bicyclic) bond motifs is 1. The predicted octanol–water partition coefficient (Wildman–Crippen LogP) is 2.50. The maximum Gasteiger partial charge on any atom is 0.251 e. The van der Waals surface area contributed by atoms with Gasteiger partial charge in [0, 0.05) is 17.1 Å². The van der Waals surface area contributed by atoms with Crippen LogP contribution in [0.25, 0.3) is 0 Å². The molecule has 2 aromatic carbocycles. The van der Waals surface area contributed by atoms with Gasteiger partial charge in [0.15, 0.2) is 11.5 Å². The van der Waals surface area contributed by atoms with E-state index in [0.717, 1.165) is 5.56 Å². The molecule has 0 saturated heterocycles. The van der Waals surface area contributed by atoms with Crippen LogP contribution in [-0.2, 0) is 11.3 Å². The predicted molar refractivity (Wildman–Crippen MR) is 92.8 cm³/mol. The van der Waals surface area contributed by atoms with Gasteiger partial charge >= 0.3 is 0 Å². The standard InChI is InChI=1S/C18H17ClN2O4/c1-11(21-18(23)13-3-5-14(19)6-4-13)17(22)20-9-12-2-7-15-16(8-12)25-10-24-15/h2-8,11H,9-10H2,1H3,(H,20,22)(H,21,23)/t11-/m0/s1. The number of carbonyl (C=O) groups excluding carboxylic acids is 2. The van der Waals surface area contributed by atoms with Crippen molar-refractivity contribution in [2.24, 2.45) is 0 Å². The van der Waals surface area contributed by atoms with E-state index in [1.165, 1.54) is 0 Å². The topological polar surface area (TPSA) is 76.7 Å². The lowest BCUT2D eigenvalue weighted by Crippen LogP contribution is -2.44. The molecule has 1 atom stereocenters. The molecule has 0 aliphatic carbocycles. The van der Waals surface area contributed by atoms with Crippen LogP contribution in [0.15, 0.2) is 42.5 Å². The number of halogens is 1. The van der Waals surface area contributed by atoms with Gasteiger partial charge in [0.2, 0.25) is 12.7 Å². The third kappa shape index (κ3) is 4.22. The van der Waals surface area contributed by atoms with Crippen molar-refractivity contribution in [2.45, 2.75) is 19.5 Å². The summed E-state index contributed by atoms with van der Waals surface area (Å²) in [6, 6.07) is 11.3. The molecule has 6 nitrogen and oxygen atoms in total. The fourth-order valence-electron chi connectivity index (χ4n) is 2.34. The van der Waals surface area contributed by atoms with Crippen molar-refractivity contribution in [3.8, 4) is 11.5 Å². The quantitative estimate of drug-likeness (QED) is 0.859. The Kier molecular flexibility index (Phi) is 5.09. The van der Waals surface area contributed by atoms with Gasteiger partial charge in [-0.25, -0.2) is 0 Å². The van der Waals surface area contributed by atoms with Gasteiger partial charge in [-0.05, 0) is 48.9 Å². The summed E-state index contributed by atoms with van der Waals surface area (Å²) in [5, 5.41) is 5.99. The zero-order valence-electron chi connectivity index (χ0n) is 13.5. The van der Waals surface area contributed by atoms with E-state index in [-0.39, 0.29) is 18.6 Å². The van der Waals surface area contributed by atoms with Crippen LogP contribution in [0.4, 0.5) is 0 Å². The molecule has 130 valence electrons. The average Bonchev–Trinajstić information content (AvgIpc) is 3.07. The molecule has 0 spiro atoms. The highest BCUT2D eigenvalue weighted by atomic mass is 35.5. The summed E-state index contributed by atoms with van der Waals surface area (Å²) >= 11 is 5.79. The second kappa shape index (κ2) is 7.44. The Labute approximate surface area is 150 Å². The highest BCUT2D eigenvalue weighted by Gasteiger charge is 2.17. The van der Waals surface area contributed by atoms with Gasteiger partial charge in [-0.1, -0.05) is 17.7 Å². The number of rotatable bonds is 5. The van der Waals surface area contributed by atoms with E-state index in [1.54, 1.807) is 37.3 Å². The van der Waals surface area contributed by atoms with Gasteiger partial charge in [-0.3, -0.25) is 9.59 Å². The molecule has 0 saturated carbocycles. The zero-order chi connectivity index (χ0) is 17.8. The van der Waals surface area contributed by atoms with Crippen molar-refractivity contribution in [1.29, 1.82) is 0 Å². The van der Waals surface area contributed by atoms with Gasteiger partial charge in [0.25, 0.3) is 5.91 Å². The summed E-state index contributed by atoms with van der Waals surface area (Å²) in [7, 11) is 0. The van der Waals surface area contributed by atoms with Crippen LogP contribution in [0.2, 0.25) is 5.02 Å². The Bertz CT molecular complexity index is 792. The molecule has 0 unspecified atom stereocenters. The van der Waals surface area contributed by atoms with E-state index in [0.29, 0.717) is 28.6 Å². The lowest BCUT2D eigenvalue weighted by Gasteiger charge is -2.14. The molecular formula is C18H17ClN2O4. The minimum Gasteiger partial charge on any atom is -0.454 e. The Morgan fingerprint density at radius 2 is 1.84 bits per heavy atom. The highest BCUT2D eigenvalue weighted by molar-refractivity contribution is 6.30. The molecule has 2 amide bonds. The largest absolute Gasteiger partial charge is 0.454 e. The van der Waals surface area contributed by atoms with Crippen molar-refractivity contribution < 1.29 is 19.1 Å². The lowest BCUT2D eigenvalue weighted by atomic mass is 10.2. The number of hydrogen-bond donors (Lipinski definition) is 2. The molecule has 25 heavy (non-hydrogen) atoms. The minimum atomic E-state index is -0.669. The van der Waals surface area contributed by atoms with Gasteiger partial charge in [-0.2, -0.15) is 0 Å². The van der Waals surface area contributed by atoms with Crippen LogP contribution < -0.4 is 20.1 Å². The van der Waals surface area contributed by atoms with Crippen LogP contribution in [0.3, 0.4) is 0 Å². The molecule has 1 heterocycles. The molecule has 2 aromatic rings. The molecule has 1 aliphatic heterocycles. The second-order valence-corrected chi connectivity index (χ2v) is 6.04. The van der Waals surface area contributed by atoms with Crippen molar-refractivity contribution in [3.63, 3.8) is 0 Å². The maximum atomic E-state index is 12.2. The van der Waals surface area contributed by atoms with E-state index in [1.807, 2.05) is 12.1 Å². The Morgan fingerprint density at radius 1 is 1.12 bits per heavy atom. The molecule has 0 bridgehead atoms. The van der Waals surface area contributed by atoms with Crippen molar-refractivity contribution in [2.75, 3.05) is 6.79 Å². The van der Waals surface area contributed by atoms with Gasteiger partial charge in [0.05, 0.1) is 0 Å². The zero-order valence-corrected chi connectivity index (χ0v) is 14.3. The average molecular weight is 361 g/mol. The number of benzene rings is 2. The Morgan fingerprint density at radius 3 is 2.60 bits per heavy atom. The minimum absolute atomic E-state index is 0.207. The summed E-state index contributed by atoms with van der Waals surface area (Å²) in [5.74, 6) is 0.747. The fraction of sp³-hybridized carbons (Fsp3) is 0.222. The molecule has 0 fully saturated rings. The van der Waals surface area contributed by atoms with E-state index in [2.05, 4.69) is 10.6 Å². The summed E-state index contributed by atoms with van der Waals surface area (Å²) in [5.41, 5.74) is 1.33. The van der Waals surface area contributed by atoms with Crippen LogP contribution >= 0.6 is 11.6 Å². The molecule has 3 rings (SSSR count). The van der Waals surface area contributed by atoms with Crippen molar-refractivity contribution >= 4 is 23.4 Å². The van der Waals surface area contributed by atoms with Gasteiger partial charge in [0.1, 0.15) is 6.04 Å². The molecule has 2 N–H and O–H groups in total. The first-order valence-electron chi connectivity index (χ1n) is 7.75. The first-order chi connectivity index (χ1) is 12.0. The molecule has 0 radical (unpaired) electrons. The fourth-order valence-corrected chi connectivity index (χ4v) is 2.47. The molecule has 0 aromatic heterocycles. The van der Waals surface area contributed by atoms with Gasteiger partial charge < -0.3 is 20.1 Å². The van der Waals surface area contributed by atoms with E-state index >= 15 is 0 Å². The third-order valence-corrected chi connectivity index (χ3v) is 4.00. The summed E-state index contributed by atoms with van der Waals surface area (Å²) in [6.45, 7) is 2.17. The highest BCUT2D eigenvalue weighted by Crippen LogP contribution is 2.32. The second-order valence-electron chi connectivity index (χ2n) is 5.61. The lowest BCUT2D eigenvalue weighted by molar-refractivity contribution is -0.122. The smallest absolute Gasteiger partial charge is 0.251 e. The van der Waals surface area contributed by atoms with Crippen LogP contribution in [0, 0.1) is 0 Å². The number of amides is 2. The number of nitrogens with one attached hydrogen (secondary N) is 2. The molecular weight excluding hydrogens is 344 g/mol. The Balaban J connectivity index is 1.52. The third-order valence-electron chi connectivity index (χ3n) is 3.75. The number of ether oxygens (including phenoxy) is 2. The molecule has 7 heteroatoms. The summed E-state index contributed by atoms with van der Waals surface area (Å²) in [4.78, 5) is 24.3. The SMILES string of the molecule is C[C@H](NC(=O)c1ccc(Cl)cc1)C(=O)NCc1ccc2c(c1)OCO2. The Hall–Kier alpha value is -2.73. The first kappa shape index (κ1) is 17.1. The number of carbonyl (C=O) groups is 2. The molecule has 1 aliphatic rings. The van der Waals surface area contributed by atoms with Crippen LogP contribution in [0.5, 0.6) is 11.5 Å². The van der Waals surface area contributed by atoms with E-state index < -0.39 is 6.04 Å². The number of hydrogen-bond acceptors (Lipinski definition) is 4. The summed E-state index contributed by atoms with van der Waals surface area (Å²) < 4.78 is 10.5. The van der Waals surface area contributed by atoms with Gasteiger partial charge in [-0.15, -0.1) is 0 Å². The van der Waals surface area contributed by atoms with E-state index in [4.69, 9.17) is 21.1 Å².